The van der Waals surface area contributed by atoms with E-state index in [0.717, 1.165) is 11.8 Å². The Bertz CT molecular complexity index is 977. The molecule has 0 unspecified atom stereocenters. The lowest BCUT2D eigenvalue weighted by Crippen LogP contribution is -2.34. The number of hydrogen-bond donors (Lipinski definition) is 0. The maximum Gasteiger partial charge on any atom is 0.418 e. The molecule has 0 N–H and O–H groups in total. The molecule has 132 valence electrons. The molecule has 0 fully saturated rings. The van der Waals surface area contributed by atoms with Crippen molar-refractivity contribution in [2.24, 2.45) is 0 Å². The average molecular weight is 377 g/mol. The monoisotopic (exact) mass is 376 g/mol. The number of hydrogen-bond acceptors (Lipinski definition) is 3. The fourth-order valence-electron chi connectivity index (χ4n) is 2.93. The number of fused-ring (bicyclic) bond motifs is 1. The molecule has 4 rings (SSSR count). The van der Waals surface area contributed by atoms with Crippen LogP contribution in [-0.2, 0) is 6.18 Å². The van der Waals surface area contributed by atoms with Gasteiger partial charge >= 0.3 is 6.18 Å². The van der Waals surface area contributed by atoms with Crippen LogP contribution in [0.15, 0.2) is 55.1 Å². The Morgan fingerprint density at radius 3 is 2.58 bits per heavy atom. The highest BCUT2D eigenvalue weighted by molar-refractivity contribution is 6.30. The average Bonchev–Trinajstić information content (AvgIpc) is 3.09. The number of halogens is 4. The van der Waals surface area contributed by atoms with Crippen molar-refractivity contribution in [2.75, 3.05) is 11.6 Å². The number of anilines is 1. The lowest BCUT2D eigenvalue weighted by Gasteiger charge is -2.31. The molecule has 1 aliphatic rings. The Balaban J connectivity index is 1.82. The van der Waals surface area contributed by atoms with E-state index in [0.29, 0.717) is 16.3 Å². The first kappa shape index (κ1) is 16.7. The van der Waals surface area contributed by atoms with Gasteiger partial charge in [0.2, 0.25) is 0 Å². The first-order chi connectivity index (χ1) is 12.4. The first-order valence-electron chi connectivity index (χ1n) is 7.72. The minimum atomic E-state index is -4.48. The summed E-state index contributed by atoms with van der Waals surface area (Å²) in [6.07, 6.45) is 1.77. The van der Waals surface area contributed by atoms with Crippen molar-refractivity contribution in [1.82, 2.24) is 14.6 Å². The molecule has 3 aromatic rings. The number of pyridine rings is 1. The second kappa shape index (κ2) is 6.17. The SMILES string of the molecule is FC(F)(F)c1cccnc1C1=Cc2cncn2N(c2ccc(Cl)cc2)C1. The third-order valence-corrected chi connectivity index (χ3v) is 4.34. The lowest BCUT2D eigenvalue weighted by atomic mass is 10.0. The molecule has 0 spiro atoms. The Hall–Kier alpha value is -2.80. The van der Waals surface area contributed by atoms with Gasteiger partial charge in [0.05, 0.1) is 35.4 Å². The van der Waals surface area contributed by atoms with Crippen LogP contribution in [0.1, 0.15) is 17.0 Å². The second-order valence-electron chi connectivity index (χ2n) is 5.76. The molecule has 0 aliphatic carbocycles. The number of alkyl halides is 3. The van der Waals surface area contributed by atoms with Crippen LogP contribution < -0.4 is 5.01 Å². The molecular weight excluding hydrogens is 365 g/mol. The molecule has 0 saturated heterocycles. The van der Waals surface area contributed by atoms with Gasteiger partial charge in [0.15, 0.2) is 0 Å². The smallest absolute Gasteiger partial charge is 0.275 e. The Morgan fingerprint density at radius 2 is 1.85 bits per heavy atom. The molecule has 1 aliphatic heterocycles. The summed E-state index contributed by atoms with van der Waals surface area (Å²) in [6, 6.07) is 9.40. The molecule has 4 nitrogen and oxygen atoms in total. The van der Waals surface area contributed by atoms with E-state index in [1.165, 1.54) is 12.3 Å². The van der Waals surface area contributed by atoms with Crippen LogP contribution >= 0.6 is 11.6 Å². The van der Waals surface area contributed by atoms with Gasteiger partial charge in [-0.15, -0.1) is 0 Å². The van der Waals surface area contributed by atoms with Crippen molar-refractivity contribution in [2.45, 2.75) is 6.18 Å². The van der Waals surface area contributed by atoms with Crippen LogP contribution in [0.2, 0.25) is 5.02 Å². The lowest BCUT2D eigenvalue weighted by molar-refractivity contribution is -0.138. The molecule has 2 aromatic heterocycles. The normalized spacial score (nSPS) is 14.2. The van der Waals surface area contributed by atoms with Crippen LogP contribution in [0.4, 0.5) is 18.9 Å². The van der Waals surface area contributed by atoms with Gasteiger partial charge in [-0.3, -0.25) is 9.99 Å². The van der Waals surface area contributed by atoms with Crippen LogP contribution in [0.5, 0.6) is 0 Å². The maximum absolute atomic E-state index is 13.4. The number of rotatable bonds is 2. The number of benzene rings is 1. The topological polar surface area (TPSA) is 34.0 Å². The molecular formula is C18H12ClF3N4. The molecule has 0 atom stereocenters. The van der Waals surface area contributed by atoms with Crippen molar-refractivity contribution in [3.05, 3.63) is 77.1 Å². The van der Waals surface area contributed by atoms with Gasteiger partial charge in [0, 0.05) is 16.8 Å². The molecule has 0 saturated carbocycles. The van der Waals surface area contributed by atoms with Crippen LogP contribution in [0.3, 0.4) is 0 Å². The van der Waals surface area contributed by atoms with E-state index in [1.54, 1.807) is 47.5 Å². The Kier molecular flexibility index (Phi) is 3.96. The minimum absolute atomic E-state index is 0.0774. The van der Waals surface area contributed by atoms with Gasteiger partial charge in [0.1, 0.15) is 6.33 Å². The van der Waals surface area contributed by atoms with Gasteiger partial charge in [-0.05, 0) is 42.5 Å². The fourth-order valence-corrected chi connectivity index (χ4v) is 3.05. The summed E-state index contributed by atoms with van der Waals surface area (Å²) in [6.45, 7) is 0.213. The van der Waals surface area contributed by atoms with E-state index in [9.17, 15) is 13.2 Å². The first-order valence-corrected chi connectivity index (χ1v) is 8.10. The zero-order valence-corrected chi connectivity index (χ0v) is 14.0. The van der Waals surface area contributed by atoms with Crippen molar-refractivity contribution in [1.29, 1.82) is 0 Å². The third-order valence-electron chi connectivity index (χ3n) is 4.09. The number of nitrogens with zero attached hydrogens (tertiary/aromatic N) is 4. The van der Waals surface area contributed by atoms with E-state index in [-0.39, 0.29) is 12.2 Å². The highest BCUT2D eigenvalue weighted by Gasteiger charge is 2.35. The standard InChI is InChI=1S/C18H12ClF3N4/c19-13-3-5-14(6-4-13)25-10-12(8-15-9-23-11-26(15)25)17-16(18(20,21)22)2-1-7-24-17/h1-9,11H,10H2. The zero-order valence-electron chi connectivity index (χ0n) is 13.3. The molecule has 26 heavy (non-hydrogen) atoms. The van der Waals surface area contributed by atoms with E-state index in [1.807, 2.05) is 5.01 Å². The van der Waals surface area contributed by atoms with Crippen molar-refractivity contribution < 1.29 is 13.2 Å². The predicted octanol–water partition coefficient (Wildman–Crippen LogP) is 4.77. The Labute approximate surface area is 152 Å². The van der Waals surface area contributed by atoms with Gasteiger partial charge in [-0.25, -0.2) is 9.66 Å². The zero-order chi connectivity index (χ0) is 18.3. The van der Waals surface area contributed by atoms with E-state index in [2.05, 4.69) is 9.97 Å². The molecule has 0 bridgehead atoms. The van der Waals surface area contributed by atoms with Gasteiger partial charge in [-0.1, -0.05) is 11.6 Å². The molecule has 0 radical (unpaired) electrons. The summed E-state index contributed by atoms with van der Waals surface area (Å²) >= 11 is 5.94. The van der Waals surface area contributed by atoms with Crippen LogP contribution in [0.25, 0.3) is 11.6 Å². The van der Waals surface area contributed by atoms with Crippen LogP contribution in [-0.4, -0.2) is 21.2 Å². The van der Waals surface area contributed by atoms with Gasteiger partial charge < -0.3 is 0 Å². The Morgan fingerprint density at radius 1 is 1.08 bits per heavy atom. The summed E-state index contributed by atoms with van der Waals surface area (Å²) in [4.78, 5) is 8.11. The summed E-state index contributed by atoms with van der Waals surface area (Å²) in [5.41, 5.74) is 1.08. The van der Waals surface area contributed by atoms with E-state index in [4.69, 9.17) is 11.6 Å². The second-order valence-corrected chi connectivity index (χ2v) is 6.20. The largest absolute Gasteiger partial charge is 0.418 e. The highest BCUT2D eigenvalue weighted by atomic mass is 35.5. The van der Waals surface area contributed by atoms with Gasteiger partial charge in [0.25, 0.3) is 0 Å². The maximum atomic E-state index is 13.4. The molecule has 3 heterocycles. The van der Waals surface area contributed by atoms with Crippen molar-refractivity contribution >= 4 is 28.9 Å². The summed E-state index contributed by atoms with van der Waals surface area (Å²) in [7, 11) is 0. The van der Waals surface area contributed by atoms with Crippen molar-refractivity contribution in [3.63, 3.8) is 0 Å². The van der Waals surface area contributed by atoms with E-state index < -0.39 is 11.7 Å². The quantitative estimate of drug-likeness (QED) is 0.645. The number of aromatic nitrogens is 3. The third kappa shape index (κ3) is 2.94. The summed E-state index contributed by atoms with van der Waals surface area (Å²) < 4.78 is 42.0. The molecule has 1 aromatic carbocycles. The predicted molar refractivity (Wildman–Crippen MR) is 93.5 cm³/mol. The molecule has 0 amide bonds. The highest BCUT2D eigenvalue weighted by Crippen LogP contribution is 2.36. The van der Waals surface area contributed by atoms with Crippen molar-refractivity contribution in [3.8, 4) is 0 Å². The summed E-state index contributed by atoms with van der Waals surface area (Å²) in [5.74, 6) is 0. The van der Waals surface area contributed by atoms with Crippen LogP contribution in [0, 0.1) is 0 Å². The summed E-state index contributed by atoms with van der Waals surface area (Å²) in [5, 5.41) is 2.40. The number of imidazole rings is 1. The fraction of sp³-hybridized carbons (Fsp3) is 0.111. The van der Waals surface area contributed by atoms with E-state index >= 15 is 0 Å². The van der Waals surface area contributed by atoms with Gasteiger partial charge in [-0.2, -0.15) is 13.2 Å². The molecule has 8 heteroatoms. The minimum Gasteiger partial charge on any atom is -0.275 e.